The average Bonchev–Trinajstić information content (AvgIpc) is 2.22. The minimum Gasteiger partial charge on any atom is -0.458 e. The SMILES string of the molecule is CC(=O)Nc1c(F)cnc(C(=O)OC(C)C)c1Cl. The zero-order valence-corrected chi connectivity index (χ0v) is 10.8. The predicted molar refractivity (Wildman–Crippen MR) is 64.1 cm³/mol. The van der Waals surface area contributed by atoms with Crippen molar-refractivity contribution in [1.29, 1.82) is 0 Å². The fourth-order valence-electron chi connectivity index (χ4n) is 1.17. The molecule has 1 N–H and O–H groups in total. The van der Waals surface area contributed by atoms with Crippen LogP contribution in [-0.4, -0.2) is 23.0 Å². The highest BCUT2D eigenvalue weighted by Crippen LogP contribution is 2.28. The van der Waals surface area contributed by atoms with Gasteiger partial charge in [0.2, 0.25) is 5.91 Å². The molecule has 98 valence electrons. The van der Waals surface area contributed by atoms with Crippen LogP contribution in [-0.2, 0) is 9.53 Å². The van der Waals surface area contributed by atoms with Gasteiger partial charge in [-0.05, 0) is 13.8 Å². The van der Waals surface area contributed by atoms with E-state index in [9.17, 15) is 14.0 Å². The Morgan fingerprint density at radius 1 is 1.50 bits per heavy atom. The van der Waals surface area contributed by atoms with E-state index in [2.05, 4.69) is 10.3 Å². The first kappa shape index (κ1) is 14.4. The van der Waals surface area contributed by atoms with Gasteiger partial charge in [-0.3, -0.25) is 4.79 Å². The molecule has 1 aromatic heterocycles. The molecule has 1 aromatic rings. The van der Waals surface area contributed by atoms with Crippen LogP contribution in [0, 0.1) is 5.82 Å². The van der Waals surface area contributed by atoms with Crippen molar-refractivity contribution < 1.29 is 18.7 Å². The molecule has 0 saturated carbocycles. The number of pyridine rings is 1. The molecule has 0 atom stereocenters. The molecule has 0 unspecified atom stereocenters. The van der Waals surface area contributed by atoms with Crippen LogP contribution in [0.4, 0.5) is 10.1 Å². The first-order valence-electron chi connectivity index (χ1n) is 5.15. The molecular formula is C11H12ClFN2O3. The van der Waals surface area contributed by atoms with Crippen LogP contribution in [0.25, 0.3) is 0 Å². The lowest BCUT2D eigenvalue weighted by molar-refractivity contribution is -0.114. The fraction of sp³-hybridized carbons (Fsp3) is 0.364. The smallest absolute Gasteiger partial charge is 0.358 e. The summed E-state index contributed by atoms with van der Waals surface area (Å²) in [6.45, 7) is 4.51. The van der Waals surface area contributed by atoms with E-state index in [0.29, 0.717) is 0 Å². The van der Waals surface area contributed by atoms with Crippen molar-refractivity contribution in [2.24, 2.45) is 0 Å². The maximum absolute atomic E-state index is 13.4. The normalized spacial score (nSPS) is 10.3. The van der Waals surface area contributed by atoms with Crippen molar-refractivity contribution in [3.8, 4) is 0 Å². The van der Waals surface area contributed by atoms with Crippen LogP contribution in [0.5, 0.6) is 0 Å². The molecule has 18 heavy (non-hydrogen) atoms. The van der Waals surface area contributed by atoms with Gasteiger partial charge >= 0.3 is 5.97 Å². The number of hydrogen-bond acceptors (Lipinski definition) is 4. The Kier molecular flexibility index (Phi) is 4.61. The van der Waals surface area contributed by atoms with Gasteiger partial charge in [0.15, 0.2) is 11.5 Å². The highest BCUT2D eigenvalue weighted by Gasteiger charge is 2.21. The third-order valence-electron chi connectivity index (χ3n) is 1.81. The van der Waals surface area contributed by atoms with Gasteiger partial charge in [0.05, 0.1) is 18.0 Å². The fourth-order valence-corrected chi connectivity index (χ4v) is 1.43. The van der Waals surface area contributed by atoms with Gasteiger partial charge in [-0.2, -0.15) is 0 Å². The second-order valence-electron chi connectivity index (χ2n) is 3.78. The van der Waals surface area contributed by atoms with Gasteiger partial charge in [-0.1, -0.05) is 11.6 Å². The lowest BCUT2D eigenvalue weighted by atomic mass is 10.3. The van der Waals surface area contributed by atoms with E-state index in [1.54, 1.807) is 13.8 Å². The van der Waals surface area contributed by atoms with E-state index in [4.69, 9.17) is 16.3 Å². The summed E-state index contributed by atoms with van der Waals surface area (Å²) in [5.74, 6) is -2.11. The molecule has 0 aromatic carbocycles. The Morgan fingerprint density at radius 2 is 2.11 bits per heavy atom. The van der Waals surface area contributed by atoms with Crippen LogP contribution >= 0.6 is 11.6 Å². The number of hydrogen-bond donors (Lipinski definition) is 1. The Balaban J connectivity index is 3.15. The number of amides is 1. The van der Waals surface area contributed by atoms with Gasteiger partial charge in [-0.25, -0.2) is 14.2 Å². The maximum atomic E-state index is 13.4. The van der Waals surface area contributed by atoms with Crippen molar-refractivity contribution in [1.82, 2.24) is 4.98 Å². The molecule has 0 saturated heterocycles. The van der Waals surface area contributed by atoms with Gasteiger partial charge in [0.25, 0.3) is 0 Å². The van der Waals surface area contributed by atoms with Crippen molar-refractivity contribution in [3.63, 3.8) is 0 Å². The number of carbonyl (C=O) groups excluding carboxylic acids is 2. The molecule has 0 aliphatic rings. The monoisotopic (exact) mass is 274 g/mol. The first-order valence-corrected chi connectivity index (χ1v) is 5.53. The first-order chi connectivity index (χ1) is 8.32. The number of carbonyl (C=O) groups is 2. The number of halogens is 2. The molecule has 5 nitrogen and oxygen atoms in total. The molecule has 1 amide bonds. The zero-order valence-electron chi connectivity index (χ0n) is 10.1. The summed E-state index contributed by atoms with van der Waals surface area (Å²) >= 11 is 5.82. The number of nitrogens with one attached hydrogen (secondary N) is 1. The Bertz CT molecular complexity index is 491. The summed E-state index contributed by atoms with van der Waals surface area (Å²) in [6, 6.07) is 0. The second kappa shape index (κ2) is 5.77. The van der Waals surface area contributed by atoms with E-state index >= 15 is 0 Å². The maximum Gasteiger partial charge on any atom is 0.358 e. The van der Waals surface area contributed by atoms with E-state index in [0.717, 1.165) is 6.20 Å². The largest absolute Gasteiger partial charge is 0.458 e. The topological polar surface area (TPSA) is 68.3 Å². The predicted octanol–water partition coefficient (Wildman–Crippen LogP) is 2.40. The minimum atomic E-state index is -0.823. The molecule has 1 rings (SSSR count). The van der Waals surface area contributed by atoms with Crippen LogP contribution in [0.1, 0.15) is 31.3 Å². The highest BCUT2D eigenvalue weighted by atomic mass is 35.5. The average molecular weight is 275 g/mol. The zero-order chi connectivity index (χ0) is 13.9. The van der Waals surface area contributed by atoms with Gasteiger partial charge in [0, 0.05) is 6.92 Å². The number of aromatic nitrogens is 1. The summed E-state index contributed by atoms with van der Waals surface area (Å²) in [5.41, 5.74) is -0.523. The van der Waals surface area contributed by atoms with Crippen molar-refractivity contribution in [3.05, 3.63) is 22.7 Å². The number of rotatable bonds is 3. The van der Waals surface area contributed by atoms with Crippen molar-refractivity contribution >= 4 is 29.2 Å². The summed E-state index contributed by atoms with van der Waals surface area (Å²) in [6.07, 6.45) is 0.443. The van der Waals surface area contributed by atoms with Gasteiger partial charge < -0.3 is 10.1 Å². The third kappa shape index (κ3) is 3.40. The standard InChI is InChI=1S/C11H12ClFN2O3/c1-5(2)18-11(17)10-8(12)9(15-6(3)16)7(13)4-14-10/h4-5H,1-3H3,(H,14,15,16). The summed E-state index contributed by atoms with van der Waals surface area (Å²) in [4.78, 5) is 26.1. The molecular weight excluding hydrogens is 263 g/mol. The van der Waals surface area contributed by atoms with E-state index in [1.807, 2.05) is 0 Å². The molecule has 0 radical (unpaired) electrons. The quantitative estimate of drug-likeness (QED) is 0.860. The lowest BCUT2D eigenvalue weighted by Crippen LogP contribution is -2.16. The molecule has 0 bridgehead atoms. The molecule has 0 spiro atoms. The Hall–Kier alpha value is -1.69. The number of esters is 1. The summed E-state index contributed by atoms with van der Waals surface area (Å²) in [7, 11) is 0. The molecule has 0 aliphatic heterocycles. The Labute approximate surface area is 108 Å². The Morgan fingerprint density at radius 3 is 2.61 bits per heavy atom. The van der Waals surface area contributed by atoms with E-state index in [1.165, 1.54) is 6.92 Å². The molecule has 1 heterocycles. The van der Waals surface area contributed by atoms with Crippen LogP contribution in [0.15, 0.2) is 6.20 Å². The number of anilines is 1. The number of nitrogens with zero attached hydrogens (tertiary/aromatic N) is 1. The summed E-state index contributed by atoms with van der Waals surface area (Å²) < 4.78 is 18.3. The van der Waals surface area contributed by atoms with Gasteiger partial charge in [-0.15, -0.1) is 0 Å². The molecule has 0 fully saturated rings. The molecule has 0 aliphatic carbocycles. The van der Waals surface area contributed by atoms with Crippen LogP contribution < -0.4 is 5.32 Å². The van der Waals surface area contributed by atoms with Crippen LogP contribution in [0.3, 0.4) is 0 Å². The second-order valence-corrected chi connectivity index (χ2v) is 4.16. The lowest BCUT2D eigenvalue weighted by Gasteiger charge is -2.11. The highest BCUT2D eigenvalue weighted by molar-refractivity contribution is 6.36. The third-order valence-corrected chi connectivity index (χ3v) is 2.18. The molecule has 7 heteroatoms. The van der Waals surface area contributed by atoms with E-state index in [-0.39, 0.29) is 22.5 Å². The van der Waals surface area contributed by atoms with Crippen molar-refractivity contribution in [2.45, 2.75) is 26.9 Å². The minimum absolute atomic E-state index is 0.240. The van der Waals surface area contributed by atoms with Gasteiger partial charge in [0.1, 0.15) is 5.02 Å². The number of ether oxygens (including phenoxy) is 1. The van der Waals surface area contributed by atoms with Crippen LogP contribution in [0.2, 0.25) is 5.02 Å². The summed E-state index contributed by atoms with van der Waals surface area (Å²) in [5, 5.41) is 1.91. The van der Waals surface area contributed by atoms with Crippen molar-refractivity contribution in [2.75, 3.05) is 5.32 Å². The van der Waals surface area contributed by atoms with E-state index < -0.39 is 17.7 Å².